The highest BCUT2D eigenvalue weighted by atomic mass is 16.4. The van der Waals surface area contributed by atoms with Crippen molar-refractivity contribution >= 4 is 5.97 Å². The molecule has 11 heavy (non-hydrogen) atoms. The highest BCUT2D eigenvalue weighted by Crippen LogP contribution is 1.98. The second-order valence-corrected chi connectivity index (χ2v) is 2.71. The Balaban J connectivity index is 2.09. The normalized spacial score (nSPS) is 24.9. The van der Waals surface area contributed by atoms with Crippen LogP contribution in [-0.4, -0.2) is 36.8 Å². The highest BCUT2D eigenvalue weighted by Gasteiger charge is 2.13. The van der Waals surface area contributed by atoms with Gasteiger partial charge in [0.25, 0.3) is 0 Å². The largest absolute Gasteiger partial charge is 0.481 e. The summed E-state index contributed by atoms with van der Waals surface area (Å²) in [4.78, 5) is 10.2. The van der Waals surface area contributed by atoms with Gasteiger partial charge in [-0.3, -0.25) is 4.79 Å². The van der Waals surface area contributed by atoms with Crippen molar-refractivity contribution in [2.45, 2.75) is 18.9 Å². The first kappa shape index (κ1) is 8.49. The second-order valence-electron chi connectivity index (χ2n) is 2.71. The van der Waals surface area contributed by atoms with Crippen molar-refractivity contribution < 1.29 is 9.90 Å². The minimum absolute atomic E-state index is 0.243. The monoisotopic (exact) mass is 157 g/mol. The lowest BCUT2D eigenvalue weighted by atomic mass is 10.1. The highest BCUT2D eigenvalue weighted by molar-refractivity contribution is 5.66. The van der Waals surface area contributed by atoms with E-state index in [1.165, 1.54) is 0 Å². The lowest BCUT2D eigenvalue weighted by Crippen LogP contribution is -2.45. The van der Waals surface area contributed by atoms with E-state index >= 15 is 0 Å². The first-order valence-corrected chi connectivity index (χ1v) is 3.87. The maximum absolute atomic E-state index is 10.2. The van der Waals surface area contributed by atoms with Crippen LogP contribution in [0.3, 0.4) is 0 Å². The van der Waals surface area contributed by atoms with Crippen LogP contribution in [-0.2, 0) is 4.79 Å². The van der Waals surface area contributed by atoms with E-state index in [-0.39, 0.29) is 6.42 Å². The van der Waals surface area contributed by atoms with Gasteiger partial charge in [0.05, 0.1) is 0 Å². The van der Waals surface area contributed by atoms with Gasteiger partial charge >= 0.3 is 5.97 Å². The minimum Gasteiger partial charge on any atom is -0.481 e. The van der Waals surface area contributed by atoms with Crippen LogP contribution in [0, 0.1) is 0 Å². The maximum atomic E-state index is 10.2. The molecule has 4 heteroatoms. The number of aliphatic carboxylic acids is 1. The molecule has 0 aromatic carbocycles. The van der Waals surface area contributed by atoms with Crippen molar-refractivity contribution in [3.63, 3.8) is 0 Å². The summed E-state index contributed by atoms with van der Waals surface area (Å²) in [5.74, 6) is -0.725. The molecule has 0 saturated carbocycles. The Labute approximate surface area is 66.0 Å². The molecular weight excluding hydrogens is 144 g/mol. The van der Waals surface area contributed by atoms with Gasteiger partial charge in [0, 0.05) is 32.1 Å². The fourth-order valence-electron chi connectivity index (χ4n) is 1.15. The summed E-state index contributed by atoms with van der Waals surface area (Å²) in [5, 5.41) is 15.8. The number of nitrogens with one attached hydrogen (secondary N) is 1. The van der Waals surface area contributed by atoms with Crippen LogP contribution >= 0.6 is 0 Å². The summed E-state index contributed by atoms with van der Waals surface area (Å²) in [6, 6.07) is 0.292. The number of hydrogen-bond donors (Lipinski definition) is 2. The van der Waals surface area contributed by atoms with Gasteiger partial charge in [0.2, 0.25) is 0 Å². The standard InChI is InChI=1S/C7H13N2O2/c10-7(11)2-1-6-5-8-3-4-9-6/h6,9H,1-5H2,(H,10,11). The van der Waals surface area contributed by atoms with Crippen molar-refractivity contribution in [2.75, 3.05) is 19.6 Å². The van der Waals surface area contributed by atoms with Crippen molar-refractivity contribution in [3.8, 4) is 0 Å². The Bertz CT molecular complexity index is 132. The number of carboxylic acids is 1. The summed E-state index contributed by atoms with van der Waals surface area (Å²) in [6.45, 7) is 2.53. The van der Waals surface area contributed by atoms with Gasteiger partial charge in [0.1, 0.15) is 0 Å². The smallest absolute Gasteiger partial charge is 0.303 e. The first-order valence-electron chi connectivity index (χ1n) is 3.87. The predicted molar refractivity (Wildman–Crippen MR) is 40.5 cm³/mol. The summed E-state index contributed by atoms with van der Waals surface area (Å²) < 4.78 is 0. The molecule has 0 aliphatic carbocycles. The summed E-state index contributed by atoms with van der Waals surface area (Å²) in [7, 11) is 0. The maximum Gasteiger partial charge on any atom is 0.303 e. The number of carboxylic acid groups (broad SMARTS) is 1. The minimum atomic E-state index is -0.725. The Kier molecular flexibility index (Phi) is 3.32. The molecule has 0 aromatic heterocycles. The van der Waals surface area contributed by atoms with Gasteiger partial charge < -0.3 is 10.4 Å². The van der Waals surface area contributed by atoms with Gasteiger partial charge in [-0.25, -0.2) is 5.32 Å². The van der Waals surface area contributed by atoms with Crippen LogP contribution in [0.4, 0.5) is 0 Å². The van der Waals surface area contributed by atoms with Gasteiger partial charge in [-0.15, -0.1) is 0 Å². The van der Waals surface area contributed by atoms with Crippen LogP contribution < -0.4 is 10.6 Å². The van der Waals surface area contributed by atoms with Gasteiger partial charge in [-0.1, -0.05) is 0 Å². The zero-order valence-corrected chi connectivity index (χ0v) is 6.42. The van der Waals surface area contributed by atoms with Crippen LogP contribution in [0.2, 0.25) is 0 Å². The Morgan fingerprint density at radius 1 is 1.73 bits per heavy atom. The van der Waals surface area contributed by atoms with E-state index in [0.717, 1.165) is 19.6 Å². The second kappa shape index (κ2) is 4.31. The molecule has 2 N–H and O–H groups in total. The molecule has 0 amide bonds. The molecule has 1 aliphatic rings. The molecule has 1 saturated heterocycles. The zero-order chi connectivity index (χ0) is 8.10. The lowest BCUT2D eigenvalue weighted by Gasteiger charge is -2.22. The molecule has 1 rings (SSSR count). The Hall–Kier alpha value is -0.610. The Morgan fingerprint density at radius 3 is 3.09 bits per heavy atom. The molecule has 0 spiro atoms. The molecule has 0 bridgehead atoms. The van der Waals surface area contributed by atoms with Crippen molar-refractivity contribution in [2.24, 2.45) is 0 Å². The number of nitrogens with zero attached hydrogens (tertiary/aromatic N) is 1. The molecule has 1 heterocycles. The molecule has 4 nitrogen and oxygen atoms in total. The molecule has 1 aliphatic heterocycles. The molecule has 1 fully saturated rings. The third kappa shape index (κ3) is 3.34. The van der Waals surface area contributed by atoms with Crippen LogP contribution in [0.15, 0.2) is 0 Å². The fourth-order valence-corrected chi connectivity index (χ4v) is 1.15. The zero-order valence-electron chi connectivity index (χ0n) is 6.42. The van der Waals surface area contributed by atoms with Crippen LogP contribution in [0.25, 0.3) is 0 Å². The van der Waals surface area contributed by atoms with E-state index < -0.39 is 5.97 Å². The number of rotatable bonds is 3. The number of piperazine rings is 1. The molecule has 1 unspecified atom stereocenters. The van der Waals surface area contributed by atoms with E-state index in [0.29, 0.717) is 12.5 Å². The van der Waals surface area contributed by atoms with Gasteiger partial charge in [-0.2, -0.15) is 0 Å². The number of carbonyl (C=O) groups is 1. The molecular formula is C7H13N2O2. The molecule has 1 atom stereocenters. The lowest BCUT2D eigenvalue weighted by molar-refractivity contribution is -0.137. The van der Waals surface area contributed by atoms with E-state index in [4.69, 9.17) is 5.11 Å². The molecule has 63 valence electrons. The fraction of sp³-hybridized carbons (Fsp3) is 0.857. The summed E-state index contributed by atoms with van der Waals surface area (Å²) >= 11 is 0. The molecule has 1 radical (unpaired) electrons. The number of hydrogen-bond acceptors (Lipinski definition) is 2. The topological polar surface area (TPSA) is 63.4 Å². The SMILES string of the molecule is O=C(O)CCC1C[N]CCN1. The summed E-state index contributed by atoms with van der Waals surface area (Å²) in [5.41, 5.74) is 0. The van der Waals surface area contributed by atoms with Crippen molar-refractivity contribution in [3.05, 3.63) is 0 Å². The third-order valence-corrected chi connectivity index (χ3v) is 1.76. The van der Waals surface area contributed by atoms with E-state index in [1.54, 1.807) is 0 Å². The van der Waals surface area contributed by atoms with Gasteiger partial charge in [0.15, 0.2) is 0 Å². The average Bonchev–Trinajstić information content (AvgIpc) is 2.03. The van der Waals surface area contributed by atoms with Crippen LogP contribution in [0.1, 0.15) is 12.8 Å². The van der Waals surface area contributed by atoms with Gasteiger partial charge in [-0.05, 0) is 6.42 Å². The Morgan fingerprint density at radius 2 is 2.55 bits per heavy atom. The van der Waals surface area contributed by atoms with E-state index in [2.05, 4.69) is 10.6 Å². The third-order valence-electron chi connectivity index (χ3n) is 1.76. The quantitative estimate of drug-likeness (QED) is 0.576. The summed E-state index contributed by atoms with van der Waals surface area (Å²) in [6.07, 6.45) is 0.937. The predicted octanol–water partition coefficient (Wildman–Crippen LogP) is -0.573. The van der Waals surface area contributed by atoms with Crippen molar-refractivity contribution in [1.82, 2.24) is 10.6 Å². The first-order chi connectivity index (χ1) is 5.29. The van der Waals surface area contributed by atoms with Crippen LogP contribution in [0.5, 0.6) is 0 Å². The van der Waals surface area contributed by atoms with E-state index in [9.17, 15) is 4.79 Å². The van der Waals surface area contributed by atoms with E-state index in [1.807, 2.05) is 0 Å². The van der Waals surface area contributed by atoms with Crippen molar-refractivity contribution in [1.29, 1.82) is 0 Å². The average molecular weight is 157 g/mol. The molecule has 0 aromatic rings.